The molecule has 1 aliphatic carbocycles. The molecule has 0 fully saturated rings. The van der Waals surface area contributed by atoms with Crippen molar-refractivity contribution in [2.24, 2.45) is 11.0 Å². The van der Waals surface area contributed by atoms with Gasteiger partial charge in [0.2, 0.25) is 5.75 Å². The number of carbonyl (C=O) groups excluding carboxylic acids is 1. The molecule has 0 aromatic heterocycles. The van der Waals surface area contributed by atoms with Gasteiger partial charge < -0.3 is 14.2 Å². The maximum absolute atomic E-state index is 12.5. The highest BCUT2D eigenvalue weighted by molar-refractivity contribution is 6.02. The first-order valence-corrected chi connectivity index (χ1v) is 8.40. The van der Waals surface area contributed by atoms with Gasteiger partial charge >= 0.3 is 0 Å². The summed E-state index contributed by atoms with van der Waals surface area (Å²) >= 11 is 0. The standard InChI is InChI=1S/C20H26N2O4/c1-12(2)14-8-7-13(3)16(9-14)21-22-20(23)15-10-17(24-4)19(26-6)18(11-15)25-5/h7,10-11,14H,1,8-9H2,2-6H3,(H,22,23)/b21-16-/t14-/m1/s1. The summed E-state index contributed by atoms with van der Waals surface area (Å²) in [6, 6.07) is 3.19. The van der Waals surface area contributed by atoms with E-state index in [1.807, 2.05) is 13.8 Å². The molecule has 6 heteroatoms. The second kappa shape index (κ2) is 8.56. The lowest BCUT2D eigenvalue weighted by Gasteiger charge is -2.22. The largest absolute Gasteiger partial charge is 0.493 e. The molecule has 1 aromatic rings. The Morgan fingerprint density at radius 2 is 1.81 bits per heavy atom. The van der Waals surface area contributed by atoms with Gasteiger partial charge in [0.15, 0.2) is 11.5 Å². The summed E-state index contributed by atoms with van der Waals surface area (Å²) in [6.07, 6.45) is 3.86. The number of methoxy groups -OCH3 is 3. The van der Waals surface area contributed by atoms with Crippen LogP contribution in [0.1, 0.15) is 37.0 Å². The average Bonchev–Trinajstić information content (AvgIpc) is 2.65. The second-order valence-corrected chi connectivity index (χ2v) is 6.28. The molecular formula is C20H26N2O4. The topological polar surface area (TPSA) is 69.2 Å². The number of ether oxygens (including phenoxy) is 3. The lowest BCUT2D eigenvalue weighted by molar-refractivity contribution is 0.0954. The van der Waals surface area contributed by atoms with Crippen molar-refractivity contribution in [3.63, 3.8) is 0 Å². The van der Waals surface area contributed by atoms with E-state index in [2.05, 4.69) is 23.2 Å². The quantitative estimate of drug-likeness (QED) is 0.621. The Morgan fingerprint density at radius 1 is 1.19 bits per heavy atom. The molecule has 1 N–H and O–H groups in total. The zero-order valence-electron chi connectivity index (χ0n) is 16.0. The third kappa shape index (κ3) is 4.25. The lowest BCUT2D eigenvalue weighted by atomic mass is 9.85. The zero-order chi connectivity index (χ0) is 19.3. The van der Waals surface area contributed by atoms with Crippen LogP contribution in [0.25, 0.3) is 0 Å². The fourth-order valence-corrected chi connectivity index (χ4v) is 2.82. The van der Waals surface area contributed by atoms with Crippen LogP contribution in [-0.2, 0) is 0 Å². The normalized spacial score (nSPS) is 18.1. The molecule has 0 saturated heterocycles. The van der Waals surface area contributed by atoms with Crippen LogP contribution in [0.3, 0.4) is 0 Å². The molecule has 0 heterocycles. The second-order valence-electron chi connectivity index (χ2n) is 6.28. The van der Waals surface area contributed by atoms with E-state index in [4.69, 9.17) is 14.2 Å². The van der Waals surface area contributed by atoms with Crippen molar-refractivity contribution < 1.29 is 19.0 Å². The molecule has 1 aliphatic rings. The molecular weight excluding hydrogens is 332 g/mol. The Bertz CT molecular complexity index is 740. The number of nitrogens with one attached hydrogen (secondary N) is 1. The molecule has 1 atom stereocenters. The SMILES string of the molecule is C=C(C)[C@@H]1CC=C(C)/C(=N\NC(=O)c2cc(OC)c(OC)c(OC)c2)C1. The maximum atomic E-state index is 12.5. The van der Waals surface area contributed by atoms with Gasteiger partial charge in [-0.05, 0) is 50.3 Å². The fraction of sp³-hybridized carbons (Fsp3) is 0.400. The van der Waals surface area contributed by atoms with Crippen LogP contribution in [0.4, 0.5) is 0 Å². The summed E-state index contributed by atoms with van der Waals surface area (Å²) in [5.74, 6) is 1.28. The molecule has 0 spiro atoms. The fourth-order valence-electron chi connectivity index (χ4n) is 2.82. The van der Waals surface area contributed by atoms with Crippen molar-refractivity contribution in [2.45, 2.75) is 26.7 Å². The van der Waals surface area contributed by atoms with E-state index in [9.17, 15) is 4.79 Å². The minimum atomic E-state index is -0.345. The number of rotatable bonds is 6. The van der Waals surface area contributed by atoms with Gasteiger partial charge in [0.25, 0.3) is 5.91 Å². The highest BCUT2D eigenvalue weighted by Gasteiger charge is 2.20. The van der Waals surface area contributed by atoms with Crippen LogP contribution in [0, 0.1) is 5.92 Å². The number of nitrogens with zero attached hydrogens (tertiary/aromatic N) is 1. The van der Waals surface area contributed by atoms with Gasteiger partial charge in [-0.25, -0.2) is 5.43 Å². The smallest absolute Gasteiger partial charge is 0.271 e. The molecule has 6 nitrogen and oxygen atoms in total. The monoisotopic (exact) mass is 358 g/mol. The van der Waals surface area contributed by atoms with E-state index < -0.39 is 0 Å². The van der Waals surface area contributed by atoms with Crippen molar-refractivity contribution in [1.82, 2.24) is 5.43 Å². The number of hydrogen-bond acceptors (Lipinski definition) is 5. The van der Waals surface area contributed by atoms with Crippen LogP contribution < -0.4 is 19.6 Å². The van der Waals surface area contributed by atoms with E-state index >= 15 is 0 Å². The van der Waals surface area contributed by atoms with E-state index in [0.717, 1.165) is 29.7 Å². The molecule has 26 heavy (non-hydrogen) atoms. The number of hydrogen-bond donors (Lipinski definition) is 1. The van der Waals surface area contributed by atoms with Gasteiger partial charge in [0.1, 0.15) is 0 Å². The van der Waals surface area contributed by atoms with Crippen LogP contribution in [-0.4, -0.2) is 32.9 Å². The Labute approximate surface area is 154 Å². The van der Waals surface area contributed by atoms with Gasteiger partial charge in [0.05, 0.1) is 27.0 Å². The van der Waals surface area contributed by atoms with Crippen LogP contribution in [0.5, 0.6) is 17.2 Å². The Kier molecular flexibility index (Phi) is 6.44. The van der Waals surface area contributed by atoms with Crippen LogP contribution >= 0.6 is 0 Å². The Morgan fingerprint density at radius 3 is 2.31 bits per heavy atom. The molecule has 0 saturated carbocycles. The third-order valence-corrected chi connectivity index (χ3v) is 4.52. The zero-order valence-corrected chi connectivity index (χ0v) is 16.0. The Hall–Kier alpha value is -2.76. The molecule has 2 rings (SSSR count). The predicted octanol–water partition coefficient (Wildman–Crippen LogP) is 3.73. The van der Waals surface area contributed by atoms with E-state index in [-0.39, 0.29) is 5.91 Å². The summed E-state index contributed by atoms with van der Waals surface area (Å²) < 4.78 is 15.8. The van der Waals surface area contributed by atoms with Gasteiger partial charge in [-0.1, -0.05) is 18.2 Å². The number of amides is 1. The van der Waals surface area contributed by atoms with Crippen molar-refractivity contribution in [3.05, 3.63) is 41.5 Å². The number of hydrazone groups is 1. The van der Waals surface area contributed by atoms with Gasteiger partial charge in [-0.2, -0.15) is 5.10 Å². The first kappa shape index (κ1) is 19.6. The highest BCUT2D eigenvalue weighted by atomic mass is 16.5. The molecule has 140 valence electrons. The van der Waals surface area contributed by atoms with Gasteiger partial charge in [0, 0.05) is 5.56 Å². The molecule has 0 radical (unpaired) electrons. The number of allylic oxidation sites excluding steroid dienone is 3. The summed E-state index contributed by atoms with van der Waals surface area (Å²) in [7, 11) is 4.53. The van der Waals surface area contributed by atoms with E-state index in [0.29, 0.717) is 28.7 Å². The minimum Gasteiger partial charge on any atom is -0.493 e. The van der Waals surface area contributed by atoms with Crippen molar-refractivity contribution in [3.8, 4) is 17.2 Å². The predicted molar refractivity (Wildman–Crippen MR) is 102 cm³/mol. The first-order chi connectivity index (χ1) is 12.4. The molecule has 0 bridgehead atoms. The Balaban J connectivity index is 2.23. The lowest BCUT2D eigenvalue weighted by Crippen LogP contribution is -2.23. The van der Waals surface area contributed by atoms with Crippen molar-refractivity contribution >= 4 is 11.6 Å². The van der Waals surface area contributed by atoms with E-state index in [1.54, 1.807) is 12.1 Å². The summed E-state index contributed by atoms with van der Waals surface area (Å²) in [6.45, 7) is 8.04. The van der Waals surface area contributed by atoms with Gasteiger partial charge in [-0.15, -0.1) is 0 Å². The summed E-state index contributed by atoms with van der Waals surface area (Å²) in [5, 5.41) is 4.32. The van der Waals surface area contributed by atoms with Crippen molar-refractivity contribution in [2.75, 3.05) is 21.3 Å². The van der Waals surface area contributed by atoms with Crippen LogP contribution in [0.2, 0.25) is 0 Å². The first-order valence-electron chi connectivity index (χ1n) is 8.40. The minimum absolute atomic E-state index is 0.345. The van der Waals surface area contributed by atoms with Crippen molar-refractivity contribution in [1.29, 1.82) is 0 Å². The van der Waals surface area contributed by atoms with Gasteiger partial charge in [-0.3, -0.25) is 4.79 Å². The molecule has 1 amide bonds. The summed E-state index contributed by atoms with van der Waals surface area (Å²) in [4.78, 5) is 12.5. The number of benzene rings is 1. The molecule has 1 aromatic carbocycles. The highest BCUT2D eigenvalue weighted by Crippen LogP contribution is 2.38. The van der Waals surface area contributed by atoms with Crippen LogP contribution in [0.15, 0.2) is 41.0 Å². The van der Waals surface area contributed by atoms with E-state index in [1.165, 1.54) is 21.3 Å². The average molecular weight is 358 g/mol. The maximum Gasteiger partial charge on any atom is 0.271 e. The number of carbonyl (C=O) groups is 1. The third-order valence-electron chi connectivity index (χ3n) is 4.52. The summed E-state index contributed by atoms with van der Waals surface area (Å²) in [5.41, 5.74) is 6.06. The molecule has 0 aliphatic heterocycles. The molecule has 0 unspecified atom stereocenters.